The first-order valence-electron chi connectivity index (χ1n) is 8.97. The molecule has 0 aliphatic rings. The Bertz CT molecular complexity index is 797. The van der Waals surface area contributed by atoms with Gasteiger partial charge in [0.25, 0.3) is 5.91 Å². The minimum absolute atomic E-state index is 0.105. The number of phenols is 2. The predicted octanol–water partition coefficient (Wildman–Crippen LogP) is 5.02. The molecule has 26 heavy (non-hydrogen) atoms. The van der Waals surface area contributed by atoms with Crippen LogP contribution in [0.2, 0.25) is 0 Å². The van der Waals surface area contributed by atoms with Gasteiger partial charge in [-0.05, 0) is 67.5 Å². The highest BCUT2D eigenvalue weighted by molar-refractivity contribution is 5.96. The Morgan fingerprint density at radius 2 is 1.69 bits per heavy atom. The van der Waals surface area contributed by atoms with Gasteiger partial charge in [0.05, 0.1) is 0 Å². The van der Waals surface area contributed by atoms with Crippen molar-refractivity contribution in [1.29, 1.82) is 0 Å². The van der Waals surface area contributed by atoms with Gasteiger partial charge in [-0.15, -0.1) is 0 Å². The fourth-order valence-corrected chi connectivity index (χ4v) is 3.01. The molecule has 138 valence electrons. The van der Waals surface area contributed by atoms with Crippen LogP contribution in [-0.2, 0) is 0 Å². The van der Waals surface area contributed by atoms with Gasteiger partial charge >= 0.3 is 0 Å². The monoisotopic (exact) mass is 353 g/mol. The van der Waals surface area contributed by atoms with E-state index in [4.69, 9.17) is 0 Å². The molecule has 0 saturated heterocycles. The molecule has 0 aliphatic carbocycles. The van der Waals surface area contributed by atoms with Crippen molar-refractivity contribution < 1.29 is 15.0 Å². The number of amides is 1. The summed E-state index contributed by atoms with van der Waals surface area (Å²) in [5, 5.41) is 22.1. The first-order chi connectivity index (χ1) is 12.4. The molecule has 0 unspecified atom stereocenters. The zero-order valence-corrected chi connectivity index (χ0v) is 15.8. The van der Waals surface area contributed by atoms with Crippen molar-refractivity contribution in [2.24, 2.45) is 0 Å². The average Bonchev–Trinajstić information content (AvgIpc) is 2.61. The van der Waals surface area contributed by atoms with Crippen LogP contribution in [0.3, 0.4) is 0 Å². The SMILES string of the molecule is CCC(CC)c1ccc(/C=C/NC(=O)c2cc(O)c(C)c(O)c2)c(C)c1. The van der Waals surface area contributed by atoms with Gasteiger partial charge in [-0.2, -0.15) is 0 Å². The fourth-order valence-electron chi connectivity index (χ4n) is 3.01. The topological polar surface area (TPSA) is 69.6 Å². The number of hydrogen-bond donors (Lipinski definition) is 3. The van der Waals surface area contributed by atoms with Crippen molar-refractivity contribution in [1.82, 2.24) is 5.32 Å². The van der Waals surface area contributed by atoms with Crippen LogP contribution in [0, 0.1) is 13.8 Å². The third-order valence-corrected chi connectivity index (χ3v) is 4.84. The molecule has 2 aromatic carbocycles. The van der Waals surface area contributed by atoms with Gasteiger partial charge in [-0.3, -0.25) is 4.79 Å². The van der Waals surface area contributed by atoms with E-state index in [0.717, 1.165) is 24.0 Å². The average molecular weight is 353 g/mol. The van der Waals surface area contributed by atoms with Crippen molar-refractivity contribution in [2.75, 3.05) is 0 Å². The van der Waals surface area contributed by atoms with Gasteiger partial charge in [-0.1, -0.05) is 32.0 Å². The number of aromatic hydroxyl groups is 2. The number of rotatable bonds is 6. The highest BCUT2D eigenvalue weighted by Crippen LogP contribution is 2.27. The molecule has 0 aromatic heterocycles. The van der Waals surface area contributed by atoms with Crippen molar-refractivity contribution in [3.05, 3.63) is 64.3 Å². The van der Waals surface area contributed by atoms with Crippen LogP contribution < -0.4 is 5.32 Å². The molecule has 0 bridgehead atoms. The van der Waals surface area contributed by atoms with Gasteiger partial charge in [0, 0.05) is 17.3 Å². The van der Waals surface area contributed by atoms with Crippen LogP contribution in [0.15, 0.2) is 36.5 Å². The second-order valence-corrected chi connectivity index (χ2v) is 6.58. The number of nitrogens with one attached hydrogen (secondary N) is 1. The van der Waals surface area contributed by atoms with Crippen LogP contribution in [0.5, 0.6) is 11.5 Å². The number of hydrogen-bond acceptors (Lipinski definition) is 3. The number of carbonyl (C=O) groups excluding carboxylic acids is 1. The molecule has 0 radical (unpaired) electrons. The fraction of sp³-hybridized carbons (Fsp3) is 0.318. The van der Waals surface area contributed by atoms with E-state index in [1.165, 1.54) is 17.7 Å². The smallest absolute Gasteiger partial charge is 0.255 e. The second kappa shape index (κ2) is 8.56. The quantitative estimate of drug-likeness (QED) is 0.683. The highest BCUT2D eigenvalue weighted by Gasteiger charge is 2.11. The van der Waals surface area contributed by atoms with Crippen LogP contribution in [0.25, 0.3) is 6.08 Å². The molecular formula is C22H27NO3. The summed E-state index contributed by atoms with van der Waals surface area (Å²) in [6.07, 6.45) is 5.67. The first-order valence-corrected chi connectivity index (χ1v) is 8.97. The minimum Gasteiger partial charge on any atom is -0.508 e. The number of phenolic OH excluding ortho intramolecular Hbond substituents is 2. The lowest BCUT2D eigenvalue weighted by Gasteiger charge is -2.14. The summed E-state index contributed by atoms with van der Waals surface area (Å²) >= 11 is 0. The van der Waals surface area contributed by atoms with Crippen molar-refractivity contribution in [3.63, 3.8) is 0 Å². The molecule has 0 heterocycles. The summed E-state index contributed by atoms with van der Waals surface area (Å²) in [6.45, 7) is 8.05. The number of carbonyl (C=O) groups is 1. The standard InChI is InChI=1S/C22H27NO3/c1-5-16(6-2)18-8-7-17(14(3)11-18)9-10-23-22(26)19-12-20(24)15(4)21(25)13-19/h7-13,16,24-25H,5-6H2,1-4H3,(H,23,26)/b10-9+. The zero-order valence-electron chi connectivity index (χ0n) is 15.8. The van der Waals surface area contributed by atoms with E-state index >= 15 is 0 Å². The molecule has 0 atom stereocenters. The summed E-state index contributed by atoms with van der Waals surface area (Å²) < 4.78 is 0. The second-order valence-electron chi connectivity index (χ2n) is 6.58. The summed E-state index contributed by atoms with van der Waals surface area (Å²) in [5.41, 5.74) is 4.10. The third kappa shape index (κ3) is 4.45. The Kier molecular flexibility index (Phi) is 6.45. The molecule has 0 aliphatic heterocycles. The number of aryl methyl sites for hydroxylation is 1. The molecule has 2 rings (SSSR count). The Morgan fingerprint density at radius 1 is 1.08 bits per heavy atom. The molecule has 1 amide bonds. The summed E-state index contributed by atoms with van der Waals surface area (Å²) in [4.78, 5) is 12.2. The first kappa shape index (κ1) is 19.6. The van der Waals surface area contributed by atoms with E-state index in [9.17, 15) is 15.0 Å². The largest absolute Gasteiger partial charge is 0.508 e. The molecule has 4 heteroatoms. The highest BCUT2D eigenvalue weighted by atomic mass is 16.3. The van der Waals surface area contributed by atoms with Crippen LogP contribution >= 0.6 is 0 Å². The maximum atomic E-state index is 12.2. The Balaban J connectivity index is 2.09. The summed E-state index contributed by atoms with van der Waals surface area (Å²) in [7, 11) is 0. The predicted molar refractivity (Wildman–Crippen MR) is 106 cm³/mol. The normalized spacial score (nSPS) is 11.3. The zero-order chi connectivity index (χ0) is 19.3. The molecule has 4 nitrogen and oxygen atoms in total. The van der Waals surface area contributed by atoms with E-state index in [1.54, 1.807) is 13.1 Å². The van der Waals surface area contributed by atoms with E-state index in [2.05, 4.69) is 44.3 Å². The Morgan fingerprint density at radius 3 is 2.23 bits per heavy atom. The number of benzene rings is 2. The summed E-state index contributed by atoms with van der Waals surface area (Å²) in [5.74, 6) is -0.0228. The Hall–Kier alpha value is -2.75. The molecule has 0 fully saturated rings. The van der Waals surface area contributed by atoms with Crippen LogP contribution in [0.1, 0.15) is 65.2 Å². The van der Waals surface area contributed by atoms with Crippen molar-refractivity contribution in [2.45, 2.75) is 46.5 Å². The van der Waals surface area contributed by atoms with Crippen molar-refractivity contribution in [3.8, 4) is 11.5 Å². The lowest BCUT2D eigenvalue weighted by atomic mass is 9.91. The molecule has 2 aromatic rings. The van der Waals surface area contributed by atoms with E-state index in [1.807, 2.05) is 6.08 Å². The van der Waals surface area contributed by atoms with Gasteiger partial charge in [0.2, 0.25) is 0 Å². The van der Waals surface area contributed by atoms with E-state index in [-0.39, 0.29) is 17.1 Å². The maximum absolute atomic E-state index is 12.2. The molecular weight excluding hydrogens is 326 g/mol. The van der Waals surface area contributed by atoms with E-state index in [0.29, 0.717) is 11.5 Å². The summed E-state index contributed by atoms with van der Waals surface area (Å²) in [6, 6.07) is 9.09. The van der Waals surface area contributed by atoms with Gasteiger partial charge < -0.3 is 15.5 Å². The van der Waals surface area contributed by atoms with Crippen molar-refractivity contribution >= 4 is 12.0 Å². The molecule has 0 spiro atoms. The van der Waals surface area contributed by atoms with Crippen LogP contribution in [0.4, 0.5) is 0 Å². The molecule has 0 saturated carbocycles. The van der Waals surface area contributed by atoms with Gasteiger partial charge in [-0.25, -0.2) is 0 Å². The Labute approximate surface area is 155 Å². The van der Waals surface area contributed by atoms with Gasteiger partial charge in [0.15, 0.2) is 0 Å². The molecule has 3 N–H and O–H groups in total. The minimum atomic E-state index is -0.391. The third-order valence-electron chi connectivity index (χ3n) is 4.84. The maximum Gasteiger partial charge on any atom is 0.255 e. The van der Waals surface area contributed by atoms with Crippen LogP contribution in [-0.4, -0.2) is 16.1 Å². The lowest BCUT2D eigenvalue weighted by molar-refractivity contribution is 0.0969. The van der Waals surface area contributed by atoms with E-state index < -0.39 is 5.91 Å². The lowest BCUT2D eigenvalue weighted by Crippen LogP contribution is -2.16. The van der Waals surface area contributed by atoms with Gasteiger partial charge in [0.1, 0.15) is 11.5 Å².